The van der Waals surface area contributed by atoms with Crippen LogP contribution in [0.3, 0.4) is 0 Å². The molecule has 78 valence electrons. The number of hydrogen-bond donors (Lipinski definition) is 0. The first kappa shape index (κ1) is 9.60. The van der Waals surface area contributed by atoms with Gasteiger partial charge >= 0.3 is 0 Å². The molecule has 0 amide bonds. The van der Waals surface area contributed by atoms with Crippen molar-refractivity contribution in [3.8, 4) is 11.3 Å². The summed E-state index contributed by atoms with van der Waals surface area (Å²) in [6.07, 6.45) is 0. The van der Waals surface area contributed by atoms with Gasteiger partial charge in [-0.25, -0.2) is 0 Å². The quantitative estimate of drug-likeness (QED) is 0.662. The molecular weight excluding hydrogens is 266 g/mol. The summed E-state index contributed by atoms with van der Waals surface area (Å²) in [4.78, 5) is 0. The molecule has 3 heteroatoms. The molecule has 2 aromatic carbocycles. The van der Waals surface area contributed by atoms with Gasteiger partial charge in [-0.1, -0.05) is 51.4 Å². The van der Waals surface area contributed by atoms with Crippen LogP contribution in [0.15, 0.2) is 57.5 Å². The van der Waals surface area contributed by atoms with Gasteiger partial charge in [0.1, 0.15) is 5.69 Å². The first-order valence-electron chi connectivity index (χ1n) is 4.95. The minimum Gasteiger partial charge on any atom is -0.356 e. The minimum atomic E-state index is 0.799. The lowest BCUT2D eigenvalue weighted by molar-refractivity contribution is 0.459. The van der Waals surface area contributed by atoms with Crippen LogP contribution in [-0.2, 0) is 0 Å². The van der Waals surface area contributed by atoms with Crippen molar-refractivity contribution in [3.05, 3.63) is 53.0 Å². The van der Waals surface area contributed by atoms with E-state index in [1.165, 1.54) is 0 Å². The predicted molar refractivity (Wildman–Crippen MR) is 67.1 cm³/mol. The van der Waals surface area contributed by atoms with Crippen molar-refractivity contribution < 1.29 is 4.52 Å². The molecule has 0 aliphatic rings. The van der Waals surface area contributed by atoms with Gasteiger partial charge in [-0.2, -0.15) is 0 Å². The highest BCUT2D eigenvalue weighted by molar-refractivity contribution is 9.10. The van der Waals surface area contributed by atoms with Crippen molar-refractivity contribution in [1.82, 2.24) is 5.16 Å². The third kappa shape index (κ3) is 1.53. The third-order valence-electron chi connectivity index (χ3n) is 2.48. The van der Waals surface area contributed by atoms with Crippen LogP contribution in [0.2, 0.25) is 0 Å². The van der Waals surface area contributed by atoms with Gasteiger partial charge in [-0.15, -0.1) is 0 Å². The predicted octanol–water partition coefficient (Wildman–Crippen LogP) is 4.26. The zero-order valence-corrected chi connectivity index (χ0v) is 9.94. The molecule has 0 saturated heterocycles. The molecule has 0 unspecified atom stereocenters. The molecular formula is C13H8BrNO. The molecule has 0 atom stereocenters. The number of fused-ring (bicyclic) bond motifs is 1. The molecule has 16 heavy (non-hydrogen) atoms. The Morgan fingerprint density at radius 3 is 2.62 bits per heavy atom. The molecule has 1 heterocycles. The molecule has 0 radical (unpaired) electrons. The molecule has 0 spiro atoms. The number of benzene rings is 2. The fraction of sp³-hybridized carbons (Fsp3) is 0. The summed E-state index contributed by atoms with van der Waals surface area (Å²) in [6.45, 7) is 0. The standard InChI is InChI=1S/C13H8BrNO/c14-10-6-7-11-12(8-10)16-15-13(11)9-4-2-1-3-5-9/h1-8H. The molecule has 2 nitrogen and oxygen atoms in total. The summed E-state index contributed by atoms with van der Waals surface area (Å²) in [5.41, 5.74) is 2.76. The number of nitrogens with zero attached hydrogens (tertiary/aromatic N) is 1. The zero-order chi connectivity index (χ0) is 11.0. The smallest absolute Gasteiger partial charge is 0.168 e. The largest absolute Gasteiger partial charge is 0.356 e. The monoisotopic (exact) mass is 273 g/mol. The van der Waals surface area contributed by atoms with E-state index in [1.54, 1.807) is 0 Å². The average molecular weight is 274 g/mol. The molecule has 0 bridgehead atoms. The van der Waals surface area contributed by atoms with E-state index in [0.29, 0.717) is 0 Å². The van der Waals surface area contributed by atoms with Crippen molar-refractivity contribution in [2.24, 2.45) is 0 Å². The van der Waals surface area contributed by atoms with Crippen LogP contribution in [0.4, 0.5) is 0 Å². The van der Waals surface area contributed by atoms with Gasteiger partial charge in [0, 0.05) is 15.4 Å². The Hall–Kier alpha value is -1.61. The fourth-order valence-electron chi connectivity index (χ4n) is 1.72. The van der Waals surface area contributed by atoms with E-state index in [1.807, 2.05) is 48.5 Å². The van der Waals surface area contributed by atoms with Crippen molar-refractivity contribution >= 4 is 26.9 Å². The summed E-state index contributed by atoms with van der Waals surface area (Å²) < 4.78 is 6.30. The molecule has 0 saturated carbocycles. The van der Waals surface area contributed by atoms with Gasteiger partial charge in [-0.05, 0) is 18.2 Å². The van der Waals surface area contributed by atoms with E-state index in [0.717, 1.165) is 26.7 Å². The van der Waals surface area contributed by atoms with Gasteiger partial charge < -0.3 is 4.52 Å². The van der Waals surface area contributed by atoms with Crippen LogP contribution in [-0.4, -0.2) is 5.16 Å². The summed E-state index contributed by atoms with van der Waals surface area (Å²) in [5.74, 6) is 0. The molecule has 0 aliphatic heterocycles. The second-order valence-electron chi connectivity index (χ2n) is 3.54. The normalized spacial score (nSPS) is 10.8. The van der Waals surface area contributed by atoms with Gasteiger partial charge in [0.05, 0.1) is 0 Å². The summed E-state index contributed by atoms with van der Waals surface area (Å²) >= 11 is 3.41. The summed E-state index contributed by atoms with van der Waals surface area (Å²) in [7, 11) is 0. The fourth-order valence-corrected chi connectivity index (χ4v) is 2.06. The molecule has 0 fully saturated rings. The topological polar surface area (TPSA) is 26.0 Å². The third-order valence-corrected chi connectivity index (χ3v) is 2.97. The Kier molecular flexibility index (Phi) is 2.26. The lowest BCUT2D eigenvalue weighted by Crippen LogP contribution is -1.76. The van der Waals surface area contributed by atoms with Crippen molar-refractivity contribution in [2.75, 3.05) is 0 Å². The molecule has 3 aromatic rings. The number of aromatic nitrogens is 1. The van der Waals surface area contributed by atoms with Gasteiger partial charge in [0.25, 0.3) is 0 Å². The molecule has 3 rings (SSSR count). The van der Waals surface area contributed by atoms with Crippen LogP contribution in [0.25, 0.3) is 22.2 Å². The average Bonchev–Trinajstić information content (AvgIpc) is 2.73. The molecule has 0 N–H and O–H groups in total. The van der Waals surface area contributed by atoms with Crippen LogP contribution >= 0.6 is 15.9 Å². The van der Waals surface area contributed by atoms with Crippen LogP contribution in [0.5, 0.6) is 0 Å². The lowest BCUT2D eigenvalue weighted by atomic mass is 10.1. The maximum Gasteiger partial charge on any atom is 0.168 e. The van der Waals surface area contributed by atoms with E-state index in [-0.39, 0.29) is 0 Å². The second-order valence-corrected chi connectivity index (χ2v) is 4.45. The molecule has 0 aliphatic carbocycles. The van der Waals surface area contributed by atoms with E-state index >= 15 is 0 Å². The Morgan fingerprint density at radius 2 is 1.81 bits per heavy atom. The van der Waals surface area contributed by atoms with Crippen LogP contribution < -0.4 is 0 Å². The maximum atomic E-state index is 5.30. The first-order chi connectivity index (χ1) is 7.84. The summed E-state index contributed by atoms with van der Waals surface area (Å²) in [5, 5.41) is 5.15. The van der Waals surface area contributed by atoms with E-state index < -0.39 is 0 Å². The maximum absolute atomic E-state index is 5.30. The van der Waals surface area contributed by atoms with Crippen LogP contribution in [0, 0.1) is 0 Å². The van der Waals surface area contributed by atoms with Gasteiger partial charge in [0.2, 0.25) is 0 Å². The Bertz CT molecular complexity index is 631. The van der Waals surface area contributed by atoms with E-state index in [2.05, 4.69) is 21.1 Å². The SMILES string of the molecule is Brc1ccc2c(-c3ccccc3)noc2c1. The van der Waals surface area contributed by atoms with E-state index in [4.69, 9.17) is 4.52 Å². The van der Waals surface area contributed by atoms with Crippen LogP contribution in [0.1, 0.15) is 0 Å². The van der Waals surface area contributed by atoms with E-state index in [9.17, 15) is 0 Å². The summed E-state index contributed by atoms with van der Waals surface area (Å²) in [6, 6.07) is 16.0. The highest BCUT2D eigenvalue weighted by Crippen LogP contribution is 2.29. The highest BCUT2D eigenvalue weighted by atomic mass is 79.9. The Labute approximate surface area is 101 Å². The second kappa shape index (κ2) is 3.76. The van der Waals surface area contributed by atoms with Crippen molar-refractivity contribution in [2.45, 2.75) is 0 Å². The van der Waals surface area contributed by atoms with Gasteiger partial charge in [0.15, 0.2) is 5.58 Å². The Balaban J connectivity index is 2.26. The Morgan fingerprint density at radius 1 is 1.00 bits per heavy atom. The first-order valence-corrected chi connectivity index (χ1v) is 5.74. The zero-order valence-electron chi connectivity index (χ0n) is 8.35. The number of rotatable bonds is 1. The van der Waals surface area contributed by atoms with Crippen molar-refractivity contribution in [3.63, 3.8) is 0 Å². The minimum absolute atomic E-state index is 0.799. The number of hydrogen-bond acceptors (Lipinski definition) is 2. The number of halogens is 1. The highest BCUT2D eigenvalue weighted by Gasteiger charge is 2.09. The van der Waals surface area contributed by atoms with Gasteiger partial charge in [-0.3, -0.25) is 0 Å². The lowest BCUT2D eigenvalue weighted by Gasteiger charge is -1.95. The molecule has 1 aromatic heterocycles. The van der Waals surface area contributed by atoms with Crippen molar-refractivity contribution in [1.29, 1.82) is 0 Å².